The lowest BCUT2D eigenvalue weighted by atomic mass is 10.1. The van der Waals surface area contributed by atoms with E-state index in [1.165, 1.54) is 31.9 Å². The second kappa shape index (κ2) is 6.59. The number of sulfone groups is 1. The Morgan fingerprint density at radius 1 is 1.33 bits per heavy atom. The normalized spacial score (nSPS) is 32.1. The summed E-state index contributed by atoms with van der Waals surface area (Å²) in [7, 11) is -2.96. The standard InChI is InChI=1S/C12H24N2O2S2/c1-18(15,16)12-10-17-8-7-14(12)9-11-5-3-2-4-6-13-11/h11-13H,2-10H2,1H3. The van der Waals surface area contributed by atoms with Crippen molar-refractivity contribution in [1.29, 1.82) is 0 Å². The molecule has 2 saturated heterocycles. The molecule has 0 aliphatic carbocycles. The fourth-order valence-electron chi connectivity index (χ4n) is 2.76. The van der Waals surface area contributed by atoms with Crippen molar-refractivity contribution < 1.29 is 8.42 Å². The van der Waals surface area contributed by atoms with Crippen molar-refractivity contribution in [2.24, 2.45) is 0 Å². The summed E-state index contributed by atoms with van der Waals surface area (Å²) >= 11 is 1.76. The van der Waals surface area contributed by atoms with Gasteiger partial charge < -0.3 is 5.32 Å². The number of hydrogen-bond acceptors (Lipinski definition) is 5. The van der Waals surface area contributed by atoms with Gasteiger partial charge in [-0.25, -0.2) is 8.42 Å². The Morgan fingerprint density at radius 2 is 2.17 bits per heavy atom. The van der Waals surface area contributed by atoms with Crippen LogP contribution in [0, 0.1) is 0 Å². The molecule has 2 unspecified atom stereocenters. The van der Waals surface area contributed by atoms with Gasteiger partial charge in [0, 0.05) is 36.9 Å². The summed E-state index contributed by atoms with van der Waals surface area (Å²) in [6.07, 6.45) is 6.37. The van der Waals surface area contributed by atoms with Gasteiger partial charge in [0.05, 0.1) is 0 Å². The zero-order valence-corrected chi connectivity index (χ0v) is 12.7. The van der Waals surface area contributed by atoms with Gasteiger partial charge in [-0.2, -0.15) is 11.8 Å². The van der Waals surface area contributed by atoms with Crippen molar-refractivity contribution in [3.05, 3.63) is 0 Å². The molecule has 106 valence electrons. The van der Waals surface area contributed by atoms with E-state index in [9.17, 15) is 8.42 Å². The molecule has 0 saturated carbocycles. The molecular formula is C12H24N2O2S2. The van der Waals surface area contributed by atoms with Crippen LogP contribution < -0.4 is 5.32 Å². The molecule has 2 atom stereocenters. The molecule has 0 radical (unpaired) electrons. The van der Waals surface area contributed by atoms with Crippen molar-refractivity contribution in [2.75, 3.05) is 37.4 Å². The fourth-order valence-corrected chi connectivity index (χ4v) is 5.71. The van der Waals surface area contributed by atoms with Gasteiger partial charge in [0.25, 0.3) is 0 Å². The molecule has 0 aromatic rings. The van der Waals surface area contributed by atoms with Crippen molar-refractivity contribution in [3.8, 4) is 0 Å². The van der Waals surface area contributed by atoms with Crippen LogP contribution in [0.4, 0.5) is 0 Å². The van der Waals surface area contributed by atoms with Crippen LogP contribution in [-0.2, 0) is 9.84 Å². The third-order valence-corrected chi connectivity index (χ3v) is 6.49. The fraction of sp³-hybridized carbons (Fsp3) is 1.00. The van der Waals surface area contributed by atoms with Crippen LogP contribution in [0.15, 0.2) is 0 Å². The van der Waals surface area contributed by atoms with Gasteiger partial charge in [-0.3, -0.25) is 4.90 Å². The van der Waals surface area contributed by atoms with Crippen molar-refractivity contribution in [3.63, 3.8) is 0 Å². The maximum absolute atomic E-state index is 11.8. The molecule has 0 aromatic heterocycles. The van der Waals surface area contributed by atoms with E-state index < -0.39 is 9.84 Å². The summed E-state index contributed by atoms with van der Waals surface area (Å²) < 4.78 is 23.7. The summed E-state index contributed by atoms with van der Waals surface area (Å²) in [5, 5.41) is 3.28. The molecule has 18 heavy (non-hydrogen) atoms. The second-order valence-electron chi connectivity index (χ2n) is 5.35. The van der Waals surface area contributed by atoms with Gasteiger partial charge in [0.1, 0.15) is 5.37 Å². The molecule has 0 amide bonds. The molecule has 2 aliphatic heterocycles. The topological polar surface area (TPSA) is 49.4 Å². The number of hydrogen-bond donors (Lipinski definition) is 1. The van der Waals surface area contributed by atoms with Gasteiger partial charge in [-0.05, 0) is 19.4 Å². The molecular weight excluding hydrogens is 268 g/mol. The Hall–Kier alpha value is 0.220. The quantitative estimate of drug-likeness (QED) is 0.839. The zero-order valence-electron chi connectivity index (χ0n) is 11.1. The smallest absolute Gasteiger partial charge is 0.164 e. The molecule has 2 aliphatic rings. The summed E-state index contributed by atoms with van der Waals surface area (Å²) in [4.78, 5) is 2.18. The predicted octanol–water partition coefficient (Wildman–Crippen LogP) is 0.938. The maximum atomic E-state index is 11.8. The average Bonchev–Trinajstić information content (AvgIpc) is 2.57. The van der Waals surface area contributed by atoms with E-state index in [1.807, 2.05) is 0 Å². The van der Waals surface area contributed by atoms with Crippen molar-refractivity contribution in [1.82, 2.24) is 10.2 Å². The van der Waals surface area contributed by atoms with Crippen LogP contribution >= 0.6 is 11.8 Å². The summed E-state index contributed by atoms with van der Waals surface area (Å²) in [6.45, 7) is 2.87. The average molecular weight is 292 g/mol. The van der Waals surface area contributed by atoms with Crippen molar-refractivity contribution >= 4 is 21.6 Å². The first-order chi connectivity index (χ1) is 8.57. The van der Waals surface area contributed by atoms with E-state index in [0.29, 0.717) is 6.04 Å². The minimum absolute atomic E-state index is 0.277. The first kappa shape index (κ1) is 14.6. The molecule has 4 nitrogen and oxygen atoms in total. The number of thioether (sulfide) groups is 1. The Labute approximate surface area is 115 Å². The Kier molecular flexibility index (Phi) is 5.35. The minimum Gasteiger partial charge on any atom is -0.313 e. The van der Waals surface area contributed by atoms with Gasteiger partial charge in [-0.1, -0.05) is 12.8 Å². The monoisotopic (exact) mass is 292 g/mol. The lowest BCUT2D eigenvalue weighted by Crippen LogP contribution is -2.51. The number of nitrogens with one attached hydrogen (secondary N) is 1. The highest BCUT2D eigenvalue weighted by molar-refractivity contribution is 8.00. The highest BCUT2D eigenvalue weighted by atomic mass is 32.2. The lowest BCUT2D eigenvalue weighted by Gasteiger charge is -2.36. The third kappa shape index (κ3) is 4.11. The summed E-state index contributed by atoms with van der Waals surface area (Å²) in [5.74, 6) is 1.78. The minimum atomic E-state index is -2.96. The van der Waals surface area contributed by atoms with Gasteiger partial charge in [-0.15, -0.1) is 0 Å². The van der Waals surface area contributed by atoms with E-state index >= 15 is 0 Å². The molecule has 0 aromatic carbocycles. The van der Waals surface area contributed by atoms with Crippen LogP contribution in [0.3, 0.4) is 0 Å². The van der Waals surface area contributed by atoms with Gasteiger partial charge >= 0.3 is 0 Å². The molecule has 1 N–H and O–H groups in total. The Morgan fingerprint density at radius 3 is 2.94 bits per heavy atom. The Balaban J connectivity index is 1.96. The number of rotatable bonds is 3. The maximum Gasteiger partial charge on any atom is 0.164 e. The lowest BCUT2D eigenvalue weighted by molar-refractivity contribution is 0.236. The predicted molar refractivity (Wildman–Crippen MR) is 77.8 cm³/mol. The SMILES string of the molecule is CS(=O)(=O)C1CSCCN1CC1CCCCCN1. The zero-order chi connectivity index (χ0) is 13.0. The molecule has 2 fully saturated rings. The first-order valence-corrected chi connectivity index (χ1v) is 9.92. The van der Waals surface area contributed by atoms with E-state index in [0.717, 1.165) is 31.1 Å². The number of nitrogens with zero attached hydrogens (tertiary/aromatic N) is 1. The molecule has 2 rings (SSSR count). The van der Waals surface area contributed by atoms with Crippen LogP contribution in [0.25, 0.3) is 0 Å². The molecule has 2 heterocycles. The highest BCUT2D eigenvalue weighted by Crippen LogP contribution is 2.21. The van der Waals surface area contributed by atoms with Crippen LogP contribution in [-0.4, -0.2) is 62.1 Å². The van der Waals surface area contributed by atoms with E-state index in [4.69, 9.17) is 0 Å². The largest absolute Gasteiger partial charge is 0.313 e. The first-order valence-electron chi connectivity index (χ1n) is 6.81. The van der Waals surface area contributed by atoms with E-state index in [1.54, 1.807) is 11.8 Å². The van der Waals surface area contributed by atoms with E-state index in [2.05, 4.69) is 10.2 Å². The molecule has 6 heteroatoms. The van der Waals surface area contributed by atoms with Crippen LogP contribution in [0.5, 0.6) is 0 Å². The van der Waals surface area contributed by atoms with Crippen molar-refractivity contribution in [2.45, 2.75) is 37.1 Å². The van der Waals surface area contributed by atoms with E-state index in [-0.39, 0.29) is 5.37 Å². The third-order valence-electron chi connectivity index (χ3n) is 3.80. The van der Waals surface area contributed by atoms with Gasteiger partial charge in [0.15, 0.2) is 9.84 Å². The highest BCUT2D eigenvalue weighted by Gasteiger charge is 2.32. The molecule has 0 spiro atoms. The summed E-state index contributed by atoms with van der Waals surface area (Å²) in [6, 6.07) is 0.472. The second-order valence-corrected chi connectivity index (χ2v) is 8.71. The van der Waals surface area contributed by atoms with Crippen LogP contribution in [0.2, 0.25) is 0 Å². The van der Waals surface area contributed by atoms with Crippen LogP contribution in [0.1, 0.15) is 25.7 Å². The van der Waals surface area contributed by atoms with Gasteiger partial charge in [0.2, 0.25) is 0 Å². The Bertz CT molecular complexity index is 351. The summed E-state index contributed by atoms with van der Waals surface area (Å²) in [5.41, 5.74) is 0. The molecule has 0 bridgehead atoms.